The Hall–Kier alpha value is -1.43. The summed E-state index contributed by atoms with van der Waals surface area (Å²) in [5, 5.41) is 12.0. The van der Waals surface area contributed by atoms with Gasteiger partial charge >= 0.3 is 5.97 Å². The van der Waals surface area contributed by atoms with Gasteiger partial charge in [0, 0.05) is 5.92 Å². The quantitative estimate of drug-likeness (QED) is 0.862. The second-order valence-corrected chi connectivity index (χ2v) is 5.17. The average Bonchev–Trinajstić information content (AvgIpc) is 3.03. The van der Waals surface area contributed by atoms with E-state index in [1.165, 1.54) is 0 Å². The molecule has 0 saturated heterocycles. The van der Waals surface area contributed by atoms with Gasteiger partial charge in [-0.15, -0.1) is 0 Å². The summed E-state index contributed by atoms with van der Waals surface area (Å²) in [7, 11) is 0. The Bertz CT molecular complexity index is 465. The summed E-state index contributed by atoms with van der Waals surface area (Å²) in [5.74, 6) is -0.763. The molecule has 1 aromatic rings. The second-order valence-electron chi connectivity index (χ2n) is 4.39. The minimum absolute atomic E-state index is 0.0564. The average molecular weight is 254 g/mol. The van der Waals surface area contributed by atoms with Crippen molar-refractivity contribution in [3.05, 3.63) is 11.3 Å². The van der Waals surface area contributed by atoms with Crippen molar-refractivity contribution in [1.29, 1.82) is 0 Å². The van der Waals surface area contributed by atoms with Gasteiger partial charge in [0.15, 0.2) is 0 Å². The van der Waals surface area contributed by atoms with Crippen LogP contribution in [0.2, 0.25) is 0 Å². The van der Waals surface area contributed by atoms with E-state index >= 15 is 0 Å². The summed E-state index contributed by atoms with van der Waals surface area (Å²) in [6.07, 6.45) is 2.17. The number of aromatic nitrogens is 1. The Labute approximate surface area is 103 Å². The maximum atomic E-state index is 11.9. The molecule has 0 spiro atoms. The van der Waals surface area contributed by atoms with Crippen LogP contribution in [-0.2, 0) is 4.79 Å². The lowest BCUT2D eigenvalue weighted by Crippen LogP contribution is -2.22. The molecule has 2 rings (SSSR count). The number of amides is 1. The number of carbonyl (C=O) groups excluding carboxylic acids is 1. The van der Waals surface area contributed by atoms with E-state index in [-0.39, 0.29) is 17.4 Å². The van der Waals surface area contributed by atoms with Gasteiger partial charge in [0.25, 0.3) is 0 Å². The molecule has 1 unspecified atom stereocenters. The molecule has 1 heterocycles. The minimum atomic E-state index is -1.05. The lowest BCUT2D eigenvalue weighted by Gasteiger charge is -2.09. The molecule has 92 valence electrons. The summed E-state index contributed by atoms with van der Waals surface area (Å²) in [4.78, 5) is 22.9. The van der Waals surface area contributed by atoms with Crippen LogP contribution in [0.4, 0.5) is 5.00 Å². The van der Waals surface area contributed by atoms with E-state index in [0.717, 1.165) is 24.4 Å². The molecule has 1 aliphatic carbocycles. The minimum Gasteiger partial charge on any atom is -0.478 e. The molecule has 5 nitrogen and oxygen atoms in total. The third-order valence-electron chi connectivity index (χ3n) is 3.06. The third kappa shape index (κ3) is 2.46. The molecule has 0 bridgehead atoms. The van der Waals surface area contributed by atoms with Crippen LogP contribution in [0.3, 0.4) is 0 Å². The zero-order valence-corrected chi connectivity index (χ0v) is 10.5. The van der Waals surface area contributed by atoms with E-state index in [1.807, 2.05) is 6.92 Å². The van der Waals surface area contributed by atoms with Gasteiger partial charge in [-0.1, -0.05) is 6.92 Å². The number of carboxylic acids is 1. The fourth-order valence-corrected chi connectivity index (χ4v) is 2.53. The number of carboxylic acid groups (broad SMARTS) is 1. The van der Waals surface area contributed by atoms with Gasteiger partial charge in [-0.05, 0) is 37.2 Å². The molecule has 6 heteroatoms. The van der Waals surface area contributed by atoms with Crippen molar-refractivity contribution < 1.29 is 14.7 Å². The predicted molar refractivity (Wildman–Crippen MR) is 64.3 cm³/mol. The fourth-order valence-electron chi connectivity index (χ4n) is 1.74. The molecule has 0 aliphatic heterocycles. The number of carbonyl (C=O) groups is 2. The molecule has 1 amide bonds. The smallest absolute Gasteiger partial charge is 0.340 e. The molecule has 17 heavy (non-hydrogen) atoms. The highest BCUT2D eigenvalue weighted by Crippen LogP contribution is 2.37. The van der Waals surface area contributed by atoms with Gasteiger partial charge in [-0.2, -0.15) is 4.37 Å². The zero-order chi connectivity index (χ0) is 12.6. The molecular weight excluding hydrogens is 240 g/mol. The summed E-state index contributed by atoms with van der Waals surface area (Å²) in [6.45, 7) is 3.50. The topological polar surface area (TPSA) is 79.3 Å². The predicted octanol–water partition coefficient (Wildman–Crippen LogP) is 2.13. The van der Waals surface area contributed by atoms with Crippen LogP contribution >= 0.6 is 11.5 Å². The number of hydrogen-bond acceptors (Lipinski definition) is 4. The van der Waals surface area contributed by atoms with E-state index < -0.39 is 5.97 Å². The Balaban J connectivity index is 2.12. The summed E-state index contributed by atoms with van der Waals surface area (Å²) >= 11 is 1.02. The fraction of sp³-hybridized carbons (Fsp3) is 0.545. The van der Waals surface area contributed by atoms with Crippen molar-refractivity contribution in [2.45, 2.75) is 26.7 Å². The molecule has 0 radical (unpaired) electrons. The second kappa shape index (κ2) is 4.44. The molecule has 1 saturated carbocycles. The first-order valence-electron chi connectivity index (χ1n) is 5.51. The molecule has 1 atom stereocenters. The van der Waals surface area contributed by atoms with E-state index in [9.17, 15) is 9.59 Å². The lowest BCUT2D eigenvalue weighted by atomic mass is 10.1. The molecule has 1 aliphatic rings. The molecule has 0 aromatic carbocycles. The van der Waals surface area contributed by atoms with E-state index in [4.69, 9.17) is 5.11 Å². The van der Waals surface area contributed by atoms with Gasteiger partial charge in [0.1, 0.15) is 10.6 Å². The van der Waals surface area contributed by atoms with Crippen LogP contribution in [0.15, 0.2) is 0 Å². The number of nitrogens with zero attached hydrogens (tertiary/aromatic N) is 1. The van der Waals surface area contributed by atoms with E-state index in [1.54, 1.807) is 6.92 Å². The highest BCUT2D eigenvalue weighted by atomic mass is 32.1. The Morgan fingerprint density at radius 2 is 2.18 bits per heavy atom. The number of hydrogen-bond donors (Lipinski definition) is 2. The molecule has 1 aromatic heterocycles. The summed E-state index contributed by atoms with van der Waals surface area (Å²) in [5.41, 5.74) is 0.545. The first kappa shape index (κ1) is 12.0. The van der Waals surface area contributed by atoms with Crippen LogP contribution in [0.5, 0.6) is 0 Å². The normalized spacial score (nSPS) is 16.6. The van der Waals surface area contributed by atoms with Gasteiger partial charge in [-0.25, -0.2) is 4.79 Å². The number of rotatable bonds is 4. The molecule has 1 fully saturated rings. The standard InChI is InChI=1S/C11H14N2O3S/c1-5(7-3-4-7)9(14)12-10-8(11(15)16)6(2)13-17-10/h5,7H,3-4H2,1-2H3,(H,12,14)(H,15,16). The maximum absolute atomic E-state index is 11.9. The van der Waals surface area contributed by atoms with E-state index in [2.05, 4.69) is 9.69 Å². The van der Waals surface area contributed by atoms with E-state index in [0.29, 0.717) is 16.6 Å². The van der Waals surface area contributed by atoms with Crippen molar-refractivity contribution in [3.8, 4) is 0 Å². The van der Waals surface area contributed by atoms with Gasteiger partial charge < -0.3 is 10.4 Å². The van der Waals surface area contributed by atoms with Crippen molar-refractivity contribution in [1.82, 2.24) is 4.37 Å². The molecular formula is C11H14N2O3S. The van der Waals surface area contributed by atoms with Gasteiger partial charge in [-0.3, -0.25) is 4.79 Å². The summed E-state index contributed by atoms with van der Waals surface area (Å²) < 4.78 is 3.96. The van der Waals surface area contributed by atoms with Crippen molar-refractivity contribution in [3.63, 3.8) is 0 Å². The number of aryl methyl sites for hydroxylation is 1. The maximum Gasteiger partial charge on any atom is 0.340 e. The van der Waals surface area contributed by atoms with Crippen LogP contribution in [0.25, 0.3) is 0 Å². The summed E-state index contributed by atoms with van der Waals surface area (Å²) in [6, 6.07) is 0. The first-order chi connectivity index (χ1) is 8.00. The zero-order valence-electron chi connectivity index (χ0n) is 9.69. The largest absolute Gasteiger partial charge is 0.478 e. The Morgan fingerprint density at radius 1 is 1.53 bits per heavy atom. The van der Waals surface area contributed by atoms with Gasteiger partial charge in [0.2, 0.25) is 5.91 Å². The third-order valence-corrected chi connectivity index (χ3v) is 3.91. The highest BCUT2D eigenvalue weighted by molar-refractivity contribution is 7.11. The number of nitrogens with one attached hydrogen (secondary N) is 1. The molecule has 2 N–H and O–H groups in total. The number of anilines is 1. The number of aromatic carboxylic acids is 1. The Kier molecular flexibility index (Phi) is 3.15. The van der Waals surface area contributed by atoms with Crippen LogP contribution in [0.1, 0.15) is 35.8 Å². The first-order valence-corrected chi connectivity index (χ1v) is 6.28. The lowest BCUT2D eigenvalue weighted by molar-refractivity contribution is -0.119. The van der Waals surface area contributed by atoms with Crippen LogP contribution in [0, 0.1) is 18.8 Å². The van der Waals surface area contributed by atoms with Gasteiger partial charge in [0.05, 0.1) is 5.69 Å². The monoisotopic (exact) mass is 254 g/mol. The highest BCUT2D eigenvalue weighted by Gasteiger charge is 2.33. The Morgan fingerprint density at radius 3 is 2.71 bits per heavy atom. The van der Waals surface area contributed by atoms with Crippen LogP contribution < -0.4 is 5.32 Å². The van der Waals surface area contributed by atoms with Crippen molar-refractivity contribution in [2.75, 3.05) is 5.32 Å². The van der Waals surface area contributed by atoms with Crippen molar-refractivity contribution in [2.24, 2.45) is 11.8 Å². The SMILES string of the molecule is Cc1nsc(NC(=O)C(C)C2CC2)c1C(=O)O. The van der Waals surface area contributed by atoms with Crippen molar-refractivity contribution >= 4 is 28.4 Å². The van der Waals surface area contributed by atoms with Crippen LogP contribution in [-0.4, -0.2) is 21.4 Å².